The summed E-state index contributed by atoms with van der Waals surface area (Å²) in [5.41, 5.74) is 0. The molecule has 1 saturated heterocycles. The van der Waals surface area contributed by atoms with Crippen LogP contribution >= 0.6 is 0 Å². The SMILES string of the molecule is CNc1nc(NC(C)c2ccco2)nc(N2CCCC2)n1. The lowest BCUT2D eigenvalue weighted by molar-refractivity contribution is 0.489. The molecule has 2 aromatic heterocycles. The van der Waals surface area contributed by atoms with Crippen molar-refractivity contribution in [1.29, 1.82) is 0 Å². The Balaban J connectivity index is 1.81. The second kappa shape index (κ2) is 5.99. The van der Waals surface area contributed by atoms with Gasteiger partial charge in [0, 0.05) is 20.1 Å². The largest absolute Gasteiger partial charge is 0.467 e. The van der Waals surface area contributed by atoms with Crippen molar-refractivity contribution >= 4 is 17.8 Å². The molecule has 7 nitrogen and oxygen atoms in total. The molecular weight excluding hydrogens is 268 g/mol. The fourth-order valence-electron chi connectivity index (χ4n) is 2.40. The Labute approximate surface area is 123 Å². The summed E-state index contributed by atoms with van der Waals surface area (Å²) >= 11 is 0. The van der Waals surface area contributed by atoms with E-state index in [4.69, 9.17) is 4.42 Å². The van der Waals surface area contributed by atoms with Gasteiger partial charge in [-0.25, -0.2) is 0 Å². The smallest absolute Gasteiger partial charge is 0.231 e. The Morgan fingerprint density at radius 3 is 2.62 bits per heavy atom. The van der Waals surface area contributed by atoms with E-state index in [0.717, 1.165) is 24.8 Å². The molecule has 0 aliphatic carbocycles. The van der Waals surface area contributed by atoms with Gasteiger partial charge in [-0.15, -0.1) is 0 Å². The minimum Gasteiger partial charge on any atom is -0.467 e. The van der Waals surface area contributed by atoms with Gasteiger partial charge in [0.1, 0.15) is 5.76 Å². The van der Waals surface area contributed by atoms with Crippen molar-refractivity contribution < 1.29 is 4.42 Å². The summed E-state index contributed by atoms with van der Waals surface area (Å²) in [5.74, 6) is 2.70. The molecule has 2 N–H and O–H groups in total. The molecule has 2 aromatic rings. The van der Waals surface area contributed by atoms with E-state index >= 15 is 0 Å². The highest BCUT2D eigenvalue weighted by Crippen LogP contribution is 2.21. The van der Waals surface area contributed by atoms with E-state index in [1.807, 2.05) is 26.1 Å². The van der Waals surface area contributed by atoms with E-state index in [1.54, 1.807) is 6.26 Å². The zero-order valence-corrected chi connectivity index (χ0v) is 12.3. The van der Waals surface area contributed by atoms with Crippen LogP contribution in [0.5, 0.6) is 0 Å². The summed E-state index contributed by atoms with van der Waals surface area (Å²) in [7, 11) is 1.81. The second-order valence-electron chi connectivity index (χ2n) is 5.11. The average molecular weight is 288 g/mol. The van der Waals surface area contributed by atoms with Crippen molar-refractivity contribution in [1.82, 2.24) is 15.0 Å². The van der Waals surface area contributed by atoms with Crippen molar-refractivity contribution in [3.05, 3.63) is 24.2 Å². The molecule has 112 valence electrons. The highest BCUT2D eigenvalue weighted by molar-refractivity contribution is 5.44. The fourth-order valence-corrected chi connectivity index (χ4v) is 2.40. The molecule has 21 heavy (non-hydrogen) atoms. The predicted molar refractivity (Wildman–Crippen MR) is 81.6 cm³/mol. The molecular formula is C14H20N6O. The van der Waals surface area contributed by atoms with Crippen LogP contribution in [0.4, 0.5) is 17.8 Å². The first kappa shape index (κ1) is 13.7. The number of nitrogens with zero attached hydrogens (tertiary/aromatic N) is 4. The molecule has 7 heteroatoms. The van der Waals surface area contributed by atoms with Crippen LogP contribution in [0.25, 0.3) is 0 Å². The number of furan rings is 1. The third kappa shape index (κ3) is 3.07. The van der Waals surface area contributed by atoms with Crippen molar-refractivity contribution in [2.45, 2.75) is 25.8 Å². The van der Waals surface area contributed by atoms with Gasteiger partial charge < -0.3 is 20.0 Å². The summed E-state index contributed by atoms with van der Waals surface area (Å²) in [6, 6.07) is 3.80. The van der Waals surface area contributed by atoms with Crippen LogP contribution in [0.2, 0.25) is 0 Å². The number of rotatable bonds is 5. The van der Waals surface area contributed by atoms with Gasteiger partial charge in [-0.3, -0.25) is 0 Å². The summed E-state index contributed by atoms with van der Waals surface area (Å²) in [6.07, 6.45) is 4.04. The number of nitrogens with one attached hydrogen (secondary N) is 2. The predicted octanol–water partition coefficient (Wildman–Crippen LogP) is 2.28. The van der Waals surface area contributed by atoms with E-state index in [9.17, 15) is 0 Å². The average Bonchev–Trinajstić information content (AvgIpc) is 3.19. The minimum atomic E-state index is -0.00136. The van der Waals surface area contributed by atoms with Gasteiger partial charge in [-0.1, -0.05) is 0 Å². The van der Waals surface area contributed by atoms with Crippen LogP contribution in [0, 0.1) is 0 Å². The van der Waals surface area contributed by atoms with Crippen molar-refractivity contribution in [3.8, 4) is 0 Å². The zero-order valence-electron chi connectivity index (χ0n) is 12.3. The van der Waals surface area contributed by atoms with Crippen LogP contribution < -0.4 is 15.5 Å². The van der Waals surface area contributed by atoms with Crippen LogP contribution in [0.1, 0.15) is 31.6 Å². The molecule has 1 aliphatic heterocycles. The maximum absolute atomic E-state index is 5.39. The summed E-state index contributed by atoms with van der Waals surface area (Å²) in [4.78, 5) is 15.5. The molecule has 3 rings (SSSR count). The Kier molecular flexibility index (Phi) is 3.89. The van der Waals surface area contributed by atoms with Gasteiger partial charge in [-0.05, 0) is 31.9 Å². The standard InChI is InChI=1S/C14H20N6O/c1-10(11-6-5-9-21-11)16-13-17-12(15-2)18-14(19-13)20-7-3-4-8-20/h5-6,9-10H,3-4,7-8H2,1-2H3,(H2,15,16,17,18,19). The first-order valence-electron chi connectivity index (χ1n) is 7.25. The first-order chi connectivity index (χ1) is 10.3. The monoisotopic (exact) mass is 288 g/mol. The Morgan fingerprint density at radius 1 is 1.19 bits per heavy atom. The van der Waals surface area contributed by atoms with Crippen LogP contribution in [0.15, 0.2) is 22.8 Å². The second-order valence-corrected chi connectivity index (χ2v) is 5.11. The molecule has 3 heterocycles. The van der Waals surface area contributed by atoms with Gasteiger partial charge in [0.15, 0.2) is 0 Å². The highest BCUT2D eigenvalue weighted by Gasteiger charge is 2.18. The number of aromatic nitrogens is 3. The normalized spacial score (nSPS) is 16.0. The Morgan fingerprint density at radius 2 is 1.95 bits per heavy atom. The molecule has 1 fully saturated rings. The van der Waals surface area contributed by atoms with Gasteiger partial charge in [-0.2, -0.15) is 15.0 Å². The first-order valence-corrected chi connectivity index (χ1v) is 7.25. The minimum absolute atomic E-state index is 0.00136. The van der Waals surface area contributed by atoms with Gasteiger partial charge in [0.25, 0.3) is 0 Å². The van der Waals surface area contributed by atoms with E-state index < -0.39 is 0 Å². The molecule has 1 atom stereocenters. The molecule has 0 spiro atoms. The summed E-state index contributed by atoms with van der Waals surface area (Å²) in [5, 5.41) is 6.25. The lowest BCUT2D eigenvalue weighted by Gasteiger charge is -2.18. The molecule has 0 amide bonds. The molecule has 0 saturated carbocycles. The third-order valence-corrected chi connectivity index (χ3v) is 3.55. The highest BCUT2D eigenvalue weighted by atomic mass is 16.3. The molecule has 0 radical (unpaired) electrons. The van der Waals surface area contributed by atoms with Crippen LogP contribution in [-0.4, -0.2) is 35.1 Å². The van der Waals surface area contributed by atoms with E-state index in [-0.39, 0.29) is 6.04 Å². The van der Waals surface area contributed by atoms with E-state index in [0.29, 0.717) is 11.9 Å². The van der Waals surface area contributed by atoms with Gasteiger partial charge >= 0.3 is 0 Å². The maximum atomic E-state index is 5.39. The quantitative estimate of drug-likeness (QED) is 0.873. The fraction of sp³-hybridized carbons (Fsp3) is 0.500. The zero-order chi connectivity index (χ0) is 14.7. The Hall–Kier alpha value is -2.31. The Bertz CT molecular complexity index is 579. The molecule has 0 bridgehead atoms. The summed E-state index contributed by atoms with van der Waals surface area (Å²) in [6.45, 7) is 4.01. The topological polar surface area (TPSA) is 79.1 Å². The van der Waals surface area contributed by atoms with Gasteiger partial charge in [0.05, 0.1) is 12.3 Å². The van der Waals surface area contributed by atoms with Gasteiger partial charge in [0.2, 0.25) is 17.8 Å². The van der Waals surface area contributed by atoms with E-state index in [2.05, 4.69) is 30.5 Å². The molecule has 0 aromatic carbocycles. The number of anilines is 3. The van der Waals surface area contributed by atoms with Crippen LogP contribution in [0.3, 0.4) is 0 Å². The van der Waals surface area contributed by atoms with Crippen molar-refractivity contribution in [2.24, 2.45) is 0 Å². The lowest BCUT2D eigenvalue weighted by atomic mass is 10.2. The molecule has 1 unspecified atom stereocenters. The lowest BCUT2D eigenvalue weighted by Crippen LogP contribution is -2.22. The molecule has 1 aliphatic rings. The van der Waals surface area contributed by atoms with Crippen molar-refractivity contribution in [2.75, 3.05) is 35.7 Å². The maximum Gasteiger partial charge on any atom is 0.231 e. The summed E-state index contributed by atoms with van der Waals surface area (Å²) < 4.78 is 5.39. The van der Waals surface area contributed by atoms with E-state index in [1.165, 1.54) is 12.8 Å². The number of hydrogen-bond acceptors (Lipinski definition) is 7. The van der Waals surface area contributed by atoms with Crippen LogP contribution in [-0.2, 0) is 0 Å². The van der Waals surface area contributed by atoms with Crippen molar-refractivity contribution in [3.63, 3.8) is 0 Å². The number of hydrogen-bond donors (Lipinski definition) is 2. The third-order valence-electron chi connectivity index (χ3n) is 3.55.